The van der Waals surface area contributed by atoms with E-state index in [4.69, 9.17) is 5.73 Å². The van der Waals surface area contributed by atoms with Crippen molar-refractivity contribution < 1.29 is 4.79 Å². The monoisotopic (exact) mass is 277 g/mol. The second kappa shape index (κ2) is 5.87. The van der Waals surface area contributed by atoms with Crippen LogP contribution in [-0.2, 0) is 11.3 Å². The minimum atomic E-state index is -0.191. The molecule has 0 saturated carbocycles. The van der Waals surface area contributed by atoms with Crippen molar-refractivity contribution in [3.05, 3.63) is 33.4 Å². The zero-order chi connectivity index (χ0) is 14.7. The average molecular weight is 277 g/mol. The van der Waals surface area contributed by atoms with Crippen molar-refractivity contribution in [3.8, 4) is 0 Å². The molecule has 1 amide bonds. The highest BCUT2D eigenvalue weighted by atomic mass is 16.1. The molecule has 0 aromatic carbocycles. The summed E-state index contributed by atoms with van der Waals surface area (Å²) in [6.45, 7) is 4.65. The van der Waals surface area contributed by atoms with Crippen LogP contribution in [0.1, 0.15) is 29.8 Å². The van der Waals surface area contributed by atoms with Gasteiger partial charge in [0.25, 0.3) is 5.56 Å². The fraction of sp³-hybridized carbons (Fsp3) is 0.462. The van der Waals surface area contributed by atoms with E-state index in [2.05, 4.69) is 15.4 Å². The highest BCUT2D eigenvalue weighted by Crippen LogP contribution is 2.12. The molecule has 2 aromatic heterocycles. The molecule has 0 unspecified atom stereocenters. The molecule has 0 aliphatic carbocycles. The van der Waals surface area contributed by atoms with Gasteiger partial charge >= 0.3 is 0 Å². The van der Waals surface area contributed by atoms with Crippen LogP contribution in [0.3, 0.4) is 0 Å². The van der Waals surface area contributed by atoms with Crippen molar-refractivity contribution in [1.82, 2.24) is 19.9 Å². The van der Waals surface area contributed by atoms with Gasteiger partial charge in [0.2, 0.25) is 5.91 Å². The smallest absolute Gasteiger partial charge is 0.266 e. The first-order chi connectivity index (χ1) is 9.52. The number of nitrogens with two attached hydrogens (primary N) is 1. The normalized spacial score (nSPS) is 10.9. The second-order valence-corrected chi connectivity index (χ2v) is 4.74. The standard InChI is InChI=1S/C13H19N5O2/c1-8-10(7-15-12(19)4-3-5-14)9(2)18-11(16-8)6-13(20)17-18/h6H,3-5,7,14H2,1-2H3,(H,15,19)(H,17,20). The van der Waals surface area contributed by atoms with Gasteiger partial charge in [-0.3, -0.25) is 14.7 Å². The summed E-state index contributed by atoms with van der Waals surface area (Å²) in [4.78, 5) is 27.3. The molecule has 0 bridgehead atoms. The summed E-state index contributed by atoms with van der Waals surface area (Å²) in [5, 5.41) is 5.53. The Morgan fingerprint density at radius 1 is 1.50 bits per heavy atom. The first-order valence-electron chi connectivity index (χ1n) is 6.57. The van der Waals surface area contributed by atoms with Crippen LogP contribution in [0.2, 0.25) is 0 Å². The minimum absolute atomic E-state index is 0.0321. The third-order valence-electron chi connectivity index (χ3n) is 3.27. The largest absolute Gasteiger partial charge is 0.352 e. The zero-order valence-electron chi connectivity index (χ0n) is 11.7. The molecule has 0 radical (unpaired) electrons. The van der Waals surface area contributed by atoms with Gasteiger partial charge in [-0.2, -0.15) is 0 Å². The molecule has 2 aromatic rings. The summed E-state index contributed by atoms with van der Waals surface area (Å²) < 4.78 is 1.64. The molecule has 0 aliphatic rings. The third kappa shape index (κ3) is 2.88. The lowest BCUT2D eigenvalue weighted by Crippen LogP contribution is -2.25. The summed E-state index contributed by atoms with van der Waals surface area (Å²) in [6, 6.07) is 1.45. The molecule has 0 spiro atoms. The Labute approximate surface area is 116 Å². The molecule has 0 aliphatic heterocycles. The predicted molar refractivity (Wildman–Crippen MR) is 75.4 cm³/mol. The van der Waals surface area contributed by atoms with E-state index in [1.165, 1.54) is 6.07 Å². The predicted octanol–water partition coefficient (Wildman–Crippen LogP) is -0.00546. The fourth-order valence-corrected chi connectivity index (χ4v) is 2.15. The molecule has 0 atom stereocenters. The molecule has 0 fully saturated rings. The van der Waals surface area contributed by atoms with Crippen molar-refractivity contribution in [3.63, 3.8) is 0 Å². The van der Waals surface area contributed by atoms with Crippen molar-refractivity contribution in [1.29, 1.82) is 0 Å². The van der Waals surface area contributed by atoms with Gasteiger partial charge in [0.15, 0.2) is 5.65 Å². The number of hydrogen-bond acceptors (Lipinski definition) is 4. The molecule has 7 heteroatoms. The molecule has 2 heterocycles. The average Bonchev–Trinajstić information content (AvgIpc) is 2.76. The molecule has 4 N–H and O–H groups in total. The fourth-order valence-electron chi connectivity index (χ4n) is 2.15. The first-order valence-corrected chi connectivity index (χ1v) is 6.57. The lowest BCUT2D eigenvalue weighted by atomic mass is 10.1. The topological polar surface area (TPSA) is 105 Å². The molecular weight excluding hydrogens is 258 g/mol. The molecule has 108 valence electrons. The van der Waals surface area contributed by atoms with E-state index in [1.807, 2.05) is 13.8 Å². The van der Waals surface area contributed by atoms with E-state index >= 15 is 0 Å². The van der Waals surface area contributed by atoms with E-state index in [-0.39, 0.29) is 11.5 Å². The number of nitrogens with one attached hydrogen (secondary N) is 2. The molecule has 2 rings (SSSR count). The van der Waals surface area contributed by atoms with Gasteiger partial charge in [-0.05, 0) is 26.8 Å². The van der Waals surface area contributed by atoms with E-state index < -0.39 is 0 Å². The highest BCUT2D eigenvalue weighted by Gasteiger charge is 2.11. The number of aromatic nitrogens is 3. The van der Waals surface area contributed by atoms with Crippen LogP contribution in [0.25, 0.3) is 5.65 Å². The van der Waals surface area contributed by atoms with Crippen LogP contribution in [0.15, 0.2) is 10.9 Å². The van der Waals surface area contributed by atoms with E-state index in [0.717, 1.165) is 17.0 Å². The van der Waals surface area contributed by atoms with Gasteiger partial charge < -0.3 is 11.1 Å². The van der Waals surface area contributed by atoms with Gasteiger partial charge in [-0.25, -0.2) is 9.50 Å². The number of aryl methyl sites for hydroxylation is 2. The third-order valence-corrected chi connectivity index (χ3v) is 3.27. The first kappa shape index (κ1) is 14.3. The molecule has 7 nitrogen and oxygen atoms in total. The van der Waals surface area contributed by atoms with Gasteiger partial charge in [0.1, 0.15) is 0 Å². The number of H-pyrrole nitrogens is 1. The Morgan fingerprint density at radius 3 is 2.95 bits per heavy atom. The summed E-state index contributed by atoms with van der Waals surface area (Å²) >= 11 is 0. The number of aromatic amines is 1. The van der Waals surface area contributed by atoms with Crippen molar-refractivity contribution in [2.45, 2.75) is 33.2 Å². The van der Waals surface area contributed by atoms with Gasteiger partial charge in [-0.1, -0.05) is 0 Å². The van der Waals surface area contributed by atoms with E-state index in [1.54, 1.807) is 4.52 Å². The Bertz CT molecular complexity index is 686. The molecule has 20 heavy (non-hydrogen) atoms. The summed E-state index contributed by atoms with van der Waals surface area (Å²) in [7, 11) is 0. The number of rotatable bonds is 5. The molecular formula is C13H19N5O2. The van der Waals surface area contributed by atoms with Crippen LogP contribution in [0.5, 0.6) is 0 Å². The van der Waals surface area contributed by atoms with Crippen LogP contribution in [-0.4, -0.2) is 27.0 Å². The Kier molecular flexibility index (Phi) is 4.19. The van der Waals surface area contributed by atoms with Gasteiger partial charge in [0, 0.05) is 36.0 Å². The maximum atomic E-state index is 11.6. The Morgan fingerprint density at radius 2 is 2.25 bits per heavy atom. The number of nitrogens with zero attached hydrogens (tertiary/aromatic N) is 2. The summed E-state index contributed by atoms with van der Waals surface area (Å²) in [6.07, 6.45) is 1.09. The van der Waals surface area contributed by atoms with Gasteiger partial charge in [0.05, 0.1) is 0 Å². The van der Waals surface area contributed by atoms with Crippen molar-refractivity contribution >= 4 is 11.6 Å². The summed E-state index contributed by atoms with van der Waals surface area (Å²) in [5.41, 5.74) is 8.35. The number of carbonyl (C=O) groups excluding carboxylic acids is 1. The van der Waals surface area contributed by atoms with E-state index in [9.17, 15) is 9.59 Å². The maximum absolute atomic E-state index is 11.6. The number of hydrogen-bond donors (Lipinski definition) is 3. The lowest BCUT2D eigenvalue weighted by molar-refractivity contribution is -0.121. The summed E-state index contributed by atoms with van der Waals surface area (Å²) in [5.74, 6) is -0.0321. The Hall–Kier alpha value is -2.15. The minimum Gasteiger partial charge on any atom is -0.352 e. The van der Waals surface area contributed by atoms with Crippen LogP contribution >= 0.6 is 0 Å². The van der Waals surface area contributed by atoms with Crippen LogP contribution < -0.4 is 16.6 Å². The second-order valence-electron chi connectivity index (χ2n) is 4.74. The highest BCUT2D eigenvalue weighted by molar-refractivity contribution is 5.75. The van der Waals surface area contributed by atoms with Crippen molar-refractivity contribution in [2.24, 2.45) is 5.73 Å². The van der Waals surface area contributed by atoms with E-state index in [0.29, 0.717) is 31.6 Å². The maximum Gasteiger partial charge on any atom is 0.266 e. The molecule has 0 saturated heterocycles. The quantitative estimate of drug-likeness (QED) is 0.715. The van der Waals surface area contributed by atoms with Crippen molar-refractivity contribution in [2.75, 3.05) is 6.54 Å². The van der Waals surface area contributed by atoms with Crippen LogP contribution in [0, 0.1) is 13.8 Å². The number of carbonyl (C=O) groups is 1. The van der Waals surface area contributed by atoms with Gasteiger partial charge in [-0.15, -0.1) is 0 Å². The Balaban J connectivity index is 2.21. The lowest BCUT2D eigenvalue weighted by Gasteiger charge is -2.12. The number of fused-ring (bicyclic) bond motifs is 1. The number of amides is 1. The van der Waals surface area contributed by atoms with Crippen LogP contribution in [0.4, 0.5) is 0 Å². The SMILES string of the molecule is Cc1nc2cc(=O)[nH]n2c(C)c1CNC(=O)CCCN. The zero-order valence-corrected chi connectivity index (χ0v) is 11.7.